The molecule has 5 rings (SSSR count). The minimum absolute atomic E-state index is 0.145. The molecule has 1 atom stereocenters. The molecule has 11 heteroatoms. The second-order valence-electron chi connectivity index (χ2n) is 7.29. The van der Waals surface area contributed by atoms with Crippen molar-refractivity contribution in [1.29, 1.82) is 0 Å². The van der Waals surface area contributed by atoms with Gasteiger partial charge in [-0.1, -0.05) is 30.3 Å². The molecule has 1 aromatic heterocycles. The van der Waals surface area contributed by atoms with Crippen LogP contribution in [-0.4, -0.2) is 14.8 Å². The fraction of sp³-hybridized carbons (Fsp3) is 0.0455. The van der Waals surface area contributed by atoms with Crippen molar-refractivity contribution in [3.63, 3.8) is 0 Å². The van der Waals surface area contributed by atoms with Crippen LogP contribution in [0, 0.1) is 30.3 Å². The molecular formula is C22H12N3O6S2+. The Hall–Kier alpha value is -4.09. The summed E-state index contributed by atoms with van der Waals surface area (Å²) in [6, 6.07) is 16.1. The summed E-state index contributed by atoms with van der Waals surface area (Å²) in [5, 5.41) is 36.7. The van der Waals surface area contributed by atoms with Gasteiger partial charge in [0.05, 0.1) is 55.0 Å². The highest BCUT2D eigenvalue weighted by Gasteiger charge is 2.42. The van der Waals surface area contributed by atoms with Crippen LogP contribution in [0.3, 0.4) is 0 Å². The van der Waals surface area contributed by atoms with Crippen molar-refractivity contribution in [3.8, 4) is 21.6 Å². The lowest BCUT2D eigenvalue weighted by Gasteiger charge is -2.06. The molecule has 0 aliphatic heterocycles. The maximum Gasteiger partial charge on any atom is 0.284 e. The molecule has 1 heterocycles. The van der Waals surface area contributed by atoms with Gasteiger partial charge in [0.15, 0.2) is 4.88 Å². The van der Waals surface area contributed by atoms with Crippen molar-refractivity contribution >= 4 is 39.7 Å². The van der Waals surface area contributed by atoms with E-state index >= 15 is 0 Å². The SMILES string of the molecule is O=[N+]([O-])c1ccc2c(c1)C(c1sc(-c3ccccc3)c[s+]1)c1cc([N+](=O)[O-])cc([N+](=O)[O-])c1-2. The highest BCUT2D eigenvalue weighted by atomic mass is 32.2. The van der Waals surface area contributed by atoms with E-state index in [1.54, 1.807) is 0 Å². The Kier molecular flexibility index (Phi) is 4.91. The standard InChI is InChI=1S/C22H12N3O6S2/c26-23(27)13-6-7-15-16(8-13)21(22-32-11-19(33-22)12-4-2-1-3-5-12)17-9-14(24(28)29)10-18(20(15)17)25(30)31/h1-11,21H/q+1. The maximum absolute atomic E-state index is 11.8. The lowest BCUT2D eigenvalue weighted by Crippen LogP contribution is -2.00. The van der Waals surface area contributed by atoms with Gasteiger partial charge in [0, 0.05) is 23.8 Å². The summed E-state index contributed by atoms with van der Waals surface area (Å²) in [6.07, 6.45) is 0. The van der Waals surface area contributed by atoms with Crippen molar-refractivity contribution in [2.75, 3.05) is 0 Å². The molecule has 0 fully saturated rings. The highest BCUT2D eigenvalue weighted by molar-refractivity contribution is 7.32. The minimum atomic E-state index is -0.664. The molecular weight excluding hydrogens is 466 g/mol. The molecule has 4 aromatic rings. The van der Waals surface area contributed by atoms with Crippen molar-refractivity contribution in [2.45, 2.75) is 5.92 Å². The van der Waals surface area contributed by atoms with E-state index in [1.165, 1.54) is 46.9 Å². The molecule has 9 nitrogen and oxygen atoms in total. The fourth-order valence-electron chi connectivity index (χ4n) is 4.08. The van der Waals surface area contributed by atoms with Gasteiger partial charge >= 0.3 is 0 Å². The third kappa shape index (κ3) is 3.43. The van der Waals surface area contributed by atoms with E-state index in [0.29, 0.717) is 16.7 Å². The van der Waals surface area contributed by atoms with Crippen LogP contribution >= 0.6 is 22.7 Å². The summed E-state index contributed by atoms with van der Waals surface area (Å²) >= 11 is 2.88. The van der Waals surface area contributed by atoms with Crippen LogP contribution in [0.5, 0.6) is 0 Å². The monoisotopic (exact) mass is 478 g/mol. The second kappa shape index (κ2) is 7.80. The van der Waals surface area contributed by atoms with Crippen molar-refractivity contribution in [1.82, 2.24) is 0 Å². The van der Waals surface area contributed by atoms with Crippen LogP contribution in [0.15, 0.2) is 66.0 Å². The van der Waals surface area contributed by atoms with E-state index in [4.69, 9.17) is 0 Å². The molecule has 0 spiro atoms. The molecule has 0 radical (unpaired) electrons. The molecule has 1 aliphatic carbocycles. The number of fused-ring (bicyclic) bond motifs is 3. The molecule has 1 aliphatic rings. The lowest BCUT2D eigenvalue weighted by molar-refractivity contribution is -0.393. The largest absolute Gasteiger partial charge is 0.284 e. The zero-order chi connectivity index (χ0) is 23.3. The van der Waals surface area contributed by atoms with Crippen LogP contribution in [0.2, 0.25) is 0 Å². The molecule has 33 heavy (non-hydrogen) atoms. The lowest BCUT2D eigenvalue weighted by atomic mass is 9.98. The Morgan fingerprint density at radius 3 is 2.15 bits per heavy atom. The van der Waals surface area contributed by atoms with Crippen LogP contribution in [0.1, 0.15) is 21.2 Å². The first-order valence-corrected chi connectivity index (χ1v) is 11.3. The minimum Gasteiger partial charge on any atom is -0.258 e. The molecule has 0 saturated carbocycles. The van der Waals surface area contributed by atoms with Gasteiger partial charge in [0.2, 0.25) is 0 Å². The zero-order valence-electron chi connectivity index (χ0n) is 16.5. The van der Waals surface area contributed by atoms with Gasteiger partial charge in [-0.25, -0.2) is 0 Å². The van der Waals surface area contributed by atoms with Gasteiger partial charge in [0.25, 0.3) is 21.3 Å². The number of nitro benzene ring substituents is 3. The summed E-state index contributed by atoms with van der Waals surface area (Å²) in [5.41, 5.74) is 1.75. The Labute approximate surface area is 193 Å². The van der Waals surface area contributed by atoms with Crippen LogP contribution in [-0.2, 0) is 0 Å². The van der Waals surface area contributed by atoms with Crippen molar-refractivity contribution in [3.05, 3.63) is 112 Å². The smallest absolute Gasteiger partial charge is 0.258 e. The Balaban J connectivity index is 1.78. The number of rotatable bonds is 5. The average Bonchev–Trinajstić information content (AvgIpc) is 3.40. The summed E-state index contributed by atoms with van der Waals surface area (Å²) in [5.74, 6) is -0.582. The third-order valence-electron chi connectivity index (χ3n) is 5.46. The predicted octanol–water partition coefficient (Wildman–Crippen LogP) is 6.64. The number of nitrogens with zero attached hydrogens (tertiary/aromatic N) is 3. The third-order valence-corrected chi connectivity index (χ3v) is 7.98. The summed E-state index contributed by atoms with van der Waals surface area (Å²) in [7, 11) is 0. The Morgan fingerprint density at radius 2 is 1.48 bits per heavy atom. The van der Waals surface area contributed by atoms with E-state index in [-0.39, 0.29) is 16.9 Å². The van der Waals surface area contributed by atoms with Crippen LogP contribution in [0.25, 0.3) is 21.6 Å². The molecule has 162 valence electrons. The number of benzene rings is 3. The first-order chi connectivity index (χ1) is 15.8. The quantitative estimate of drug-likeness (QED) is 0.158. The molecule has 0 amide bonds. The normalized spacial score (nSPS) is 13.9. The van der Waals surface area contributed by atoms with Gasteiger partial charge in [-0.05, 0) is 22.8 Å². The predicted molar refractivity (Wildman–Crippen MR) is 125 cm³/mol. The topological polar surface area (TPSA) is 129 Å². The maximum atomic E-state index is 11.8. The van der Waals surface area contributed by atoms with E-state index in [0.717, 1.165) is 20.7 Å². The van der Waals surface area contributed by atoms with Gasteiger partial charge in [-0.2, -0.15) is 0 Å². The van der Waals surface area contributed by atoms with Crippen LogP contribution < -0.4 is 0 Å². The second-order valence-corrected chi connectivity index (χ2v) is 9.55. The van der Waals surface area contributed by atoms with Gasteiger partial charge in [-0.3, -0.25) is 30.3 Å². The fourth-order valence-corrected chi connectivity index (χ4v) is 6.61. The van der Waals surface area contributed by atoms with Crippen molar-refractivity contribution in [2.24, 2.45) is 0 Å². The van der Waals surface area contributed by atoms with Crippen LogP contribution in [0.4, 0.5) is 17.1 Å². The van der Waals surface area contributed by atoms with E-state index < -0.39 is 26.4 Å². The molecule has 1 unspecified atom stereocenters. The first-order valence-electron chi connectivity index (χ1n) is 9.57. The summed E-state index contributed by atoms with van der Waals surface area (Å²) in [4.78, 5) is 33.9. The highest BCUT2D eigenvalue weighted by Crippen LogP contribution is 2.55. The molecule has 0 bridgehead atoms. The number of non-ortho nitro benzene ring substituents is 2. The molecule has 0 saturated heterocycles. The van der Waals surface area contributed by atoms with Gasteiger partial charge in [-0.15, -0.1) is 0 Å². The van der Waals surface area contributed by atoms with E-state index in [2.05, 4.69) is 0 Å². The first kappa shape index (κ1) is 20.8. The van der Waals surface area contributed by atoms with Gasteiger partial charge < -0.3 is 0 Å². The summed E-state index contributed by atoms with van der Waals surface area (Å²) in [6.45, 7) is 0. The molecule has 3 aromatic carbocycles. The van der Waals surface area contributed by atoms with Gasteiger partial charge in [0.1, 0.15) is 5.38 Å². The Morgan fingerprint density at radius 1 is 0.788 bits per heavy atom. The molecule has 0 N–H and O–H groups in total. The number of nitro groups is 3. The van der Waals surface area contributed by atoms with E-state index in [1.807, 2.05) is 35.7 Å². The Bertz CT molecular complexity index is 1470. The average molecular weight is 478 g/mol. The summed E-state index contributed by atoms with van der Waals surface area (Å²) < 4.78 is 0.823. The van der Waals surface area contributed by atoms with E-state index in [9.17, 15) is 30.3 Å². The number of hydrogen-bond donors (Lipinski definition) is 0. The van der Waals surface area contributed by atoms with Crippen molar-refractivity contribution < 1.29 is 14.8 Å². The number of hydrogen-bond acceptors (Lipinski definition) is 7. The zero-order valence-corrected chi connectivity index (χ0v) is 18.2.